The van der Waals surface area contributed by atoms with Crippen LogP contribution in [-0.4, -0.2) is 47.8 Å². The molecule has 0 bridgehead atoms. The molecule has 1 unspecified atom stereocenters. The number of nitrogens with zero attached hydrogens (tertiary/aromatic N) is 2. The van der Waals surface area contributed by atoms with E-state index in [4.69, 9.17) is 16.3 Å². The Morgan fingerprint density at radius 3 is 2.55 bits per heavy atom. The predicted octanol–water partition coefficient (Wildman–Crippen LogP) is 3.70. The Bertz CT molecular complexity index is 1080. The number of hydrogen-bond acceptors (Lipinski definition) is 5. The van der Waals surface area contributed by atoms with Crippen molar-refractivity contribution in [2.45, 2.75) is 32.2 Å². The third-order valence-corrected chi connectivity index (χ3v) is 5.99. The third kappa shape index (κ3) is 3.93. The molecule has 2 aliphatic rings. The number of anilines is 1. The summed E-state index contributed by atoms with van der Waals surface area (Å²) in [6, 6.07) is 10.8. The molecule has 31 heavy (non-hydrogen) atoms. The number of piperidine rings is 1. The Morgan fingerprint density at radius 1 is 1.06 bits per heavy atom. The first-order valence-electron chi connectivity index (χ1n) is 10.1. The molecule has 0 N–H and O–H groups in total. The van der Waals surface area contributed by atoms with E-state index in [0.717, 1.165) is 24.2 Å². The van der Waals surface area contributed by atoms with Crippen LogP contribution in [0.25, 0.3) is 0 Å². The molecule has 8 heteroatoms. The van der Waals surface area contributed by atoms with E-state index in [-0.39, 0.29) is 46.0 Å². The summed E-state index contributed by atoms with van der Waals surface area (Å²) in [5.41, 5.74) is 0.649. The summed E-state index contributed by atoms with van der Waals surface area (Å²) in [5, 5.41) is 0.266. The highest BCUT2D eigenvalue weighted by atomic mass is 35.5. The van der Waals surface area contributed by atoms with Gasteiger partial charge in [0.15, 0.2) is 6.61 Å². The number of ether oxygens (including phenoxy) is 1. The van der Waals surface area contributed by atoms with Gasteiger partial charge >= 0.3 is 5.97 Å². The Labute approximate surface area is 184 Å². The van der Waals surface area contributed by atoms with Gasteiger partial charge in [-0.15, -0.1) is 0 Å². The molecule has 2 aromatic carbocycles. The number of esters is 1. The maximum Gasteiger partial charge on any atom is 0.338 e. The number of rotatable bonds is 4. The van der Waals surface area contributed by atoms with Crippen molar-refractivity contribution in [3.8, 4) is 0 Å². The molecule has 0 aromatic heterocycles. The van der Waals surface area contributed by atoms with Crippen LogP contribution in [0, 0.1) is 0 Å². The quantitative estimate of drug-likeness (QED) is 0.534. The fraction of sp³-hybridized carbons (Fsp3) is 0.304. The number of fused-ring (bicyclic) bond motifs is 1. The Kier molecular flexibility index (Phi) is 5.78. The van der Waals surface area contributed by atoms with Crippen molar-refractivity contribution in [2.75, 3.05) is 18.1 Å². The molecule has 0 spiro atoms. The van der Waals surface area contributed by atoms with Crippen molar-refractivity contribution in [3.63, 3.8) is 0 Å². The molecular formula is C23H21ClN2O5. The van der Waals surface area contributed by atoms with Crippen LogP contribution in [0.2, 0.25) is 5.02 Å². The average molecular weight is 441 g/mol. The Balaban J connectivity index is 1.49. The van der Waals surface area contributed by atoms with E-state index < -0.39 is 17.8 Å². The molecule has 160 valence electrons. The number of amides is 3. The van der Waals surface area contributed by atoms with Crippen LogP contribution in [0.4, 0.5) is 5.69 Å². The summed E-state index contributed by atoms with van der Waals surface area (Å²) >= 11 is 6.15. The lowest BCUT2D eigenvalue weighted by molar-refractivity contribution is -0.137. The average Bonchev–Trinajstić information content (AvgIpc) is 3.02. The van der Waals surface area contributed by atoms with Crippen molar-refractivity contribution in [1.29, 1.82) is 0 Å². The minimum atomic E-state index is -0.725. The second kappa shape index (κ2) is 8.51. The predicted molar refractivity (Wildman–Crippen MR) is 114 cm³/mol. The van der Waals surface area contributed by atoms with Gasteiger partial charge in [-0.25, -0.2) is 9.69 Å². The van der Waals surface area contributed by atoms with E-state index >= 15 is 0 Å². The van der Waals surface area contributed by atoms with Crippen LogP contribution in [0.1, 0.15) is 57.3 Å². The van der Waals surface area contributed by atoms with Crippen LogP contribution in [0.15, 0.2) is 42.5 Å². The minimum absolute atomic E-state index is 0.0929. The minimum Gasteiger partial charge on any atom is -0.452 e. The van der Waals surface area contributed by atoms with Gasteiger partial charge in [-0.3, -0.25) is 14.4 Å². The highest BCUT2D eigenvalue weighted by molar-refractivity contribution is 6.39. The zero-order chi connectivity index (χ0) is 22.1. The van der Waals surface area contributed by atoms with Crippen LogP contribution in [0.5, 0.6) is 0 Å². The van der Waals surface area contributed by atoms with E-state index in [1.807, 2.05) is 6.92 Å². The van der Waals surface area contributed by atoms with Crippen LogP contribution >= 0.6 is 11.6 Å². The van der Waals surface area contributed by atoms with E-state index in [2.05, 4.69) is 0 Å². The van der Waals surface area contributed by atoms with Crippen LogP contribution < -0.4 is 4.90 Å². The first-order valence-corrected chi connectivity index (χ1v) is 10.5. The van der Waals surface area contributed by atoms with Crippen molar-refractivity contribution < 1.29 is 23.9 Å². The van der Waals surface area contributed by atoms with E-state index in [0.29, 0.717) is 6.54 Å². The highest BCUT2D eigenvalue weighted by Crippen LogP contribution is 2.33. The lowest BCUT2D eigenvalue weighted by atomic mass is 10.0. The number of carbonyl (C=O) groups is 4. The molecule has 0 radical (unpaired) electrons. The number of benzene rings is 2. The molecule has 1 saturated heterocycles. The first-order chi connectivity index (χ1) is 14.9. The van der Waals surface area contributed by atoms with Gasteiger partial charge in [-0.2, -0.15) is 0 Å². The summed E-state index contributed by atoms with van der Waals surface area (Å²) in [7, 11) is 0. The molecule has 2 aliphatic heterocycles. The summed E-state index contributed by atoms with van der Waals surface area (Å²) in [6.07, 6.45) is 2.95. The second-order valence-corrected chi connectivity index (χ2v) is 8.07. The second-order valence-electron chi connectivity index (χ2n) is 7.67. The maximum absolute atomic E-state index is 12.9. The smallest absolute Gasteiger partial charge is 0.338 e. The zero-order valence-electron chi connectivity index (χ0n) is 17.0. The highest BCUT2D eigenvalue weighted by Gasteiger charge is 2.38. The number of hydrogen-bond donors (Lipinski definition) is 0. The molecule has 2 aromatic rings. The van der Waals surface area contributed by atoms with Crippen molar-refractivity contribution in [2.24, 2.45) is 0 Å². The number of para-hydroxylation sites is 1. The van der Waals surface area contributed by atoms with Crippen molar-refractivity contribution in [1.82, 2.24) is 4.90 Å². The molecule has 7 nitrogen and oxygen atoms in total. The van der Waals surface area contributed by atoms with Gasteiger partial charge < -0.3 is 9.64 Å². The fourth-order valence-corrected chi connectivity index (χ4v) is 4.20. The molecule has 0 saturated carbocycles. The van der Waals surface area contributed by atoms with Gasteiger partial charge in [0.2, 0.25) is 0 Å². The molecule has 1 atom stereocenters. The number of halogens is 1. The summed E-state index contributed by atoms with van der Waals surface area (Å²) < 4.78 is 5.18. The lowest BCUT2D eigenvalue weighted by Gasteiger charge is -2.33. The van der Waals surface area contributed by atoms with Gasteiger partial charge in [0, 0.05) is 12.6 Å². The van der Waals surface area contributed by atoms with Gasteiger partial charge in [-0.05, 0) is 56.5 Å². The first kappa shape index (κ1) is 21.1. The fourth-order valence-electron chi connectivity index (χ4n) is 3.98. The largest absolute Gasteiger partial charge is 0.452 e. The van der Waals surface area contributed by atoms with E-state index in [1.54, 1.807) is 29.2 Å². The summed E-state index contributed by atoms with van der Waals surface area (Å²) in [5.74, 6) is -2.04. The zero-order valence-corrected chi connectivity index (χ0v) is 17.7. The number of likely N-dealkylation sites (tertiary alicyclic amines) is 1. The molecular weight excluding hydrogens is 420 g/mol. The van der Waals surface area contributed by atoms with Gasteiger partial charge in [0.05, 0.1) is 27.4 Å². The monoisotopic (exact) mass is 440 g/mol. The van der Waals surface area contributed by atoms with Gasteiger partial charge in [0.25, 0.3) is 17.7 Å². The Hall–Kier alpha value is -3.19. The molecule has 3 amide bonds. The molecule has 4 rings (SSSR count). The van der Waals surface area contributed by atoms with Crippen LogP contribution in [-0.2, 0) is 9.53 Å². The summed E-state index contributed by atoms with van der Waals surface area (Å²) in [6.45, 7) is 2.27. The normalized spacial score (nSPS) is 18.2. The van der Waals surface area contributed by atoms with Crippen molar-refractivity contribution in [3.05, 3.63) is 64.2 Å². The van der Waals surface area contributed by atoms with Crippen molar-refractivity contribution >= 4 is 41.0 Å². The van der Waals surface area contributed by atoms with Gasteiger partial charge in [0.1, 0.15) is 0 Å². The van der Waals surface area contributed by atoms with Crippen LogP contribution in [0.3, 0.4) is 0 Å². The SMILES string of the molecule is CC1CCCCN1C(=O)COC(=O)c1ccc2c(c1)C(=O)N(c1ccccc1Cl)C2=O. The Morgan fingerprint density at radius 2 is 1.81 bits per heavy atom. The number of carbonyl (C=O) groups excluding carboxylic acids is 4. The molecule has 0 aliphatic carbocycles. The van der Waals surface area contributed by atoms with E-state index in [9.17, 15) is 19.2 Å². The summed E-state index contributed by atoms with van der Waals surface area (Å²) in [4.78, 5) is 53.2. The topological polar surface area (TPSA) is 84.0 Å². The van der Waals surface area contributed by atoms with Gasteiger partial charge in [-0.1, -0.05) is 23.7 Å². The maximum atomic E-state index is 12.9. The standard InChI is InChI=1S/C23H21ClN2O5/c1-14-6-4-5-11-25(14)20(27)13-31-23(30)15-9-10-16-17(12-15)22(29)26(21(16)28)19-8-3-2-7-18(19)24/h2-3,7-10,12,14H,4-6,11,13H2,1H3. The molecule has 1 fully saturated rings. The number of imide groups is 1. The molecule has 2 heterocycles. The van der Waals surface area contributed by atoms with E-state index in [1.165, 1.54) is 18.2 Å². The third-order valence-electron chi connectivity index (χ3n) is 5.67. The lowest BCUT2D eigenvalue weighted by Crippen LogP contribution is -2.44.